The Morgan fingerprint density at radius 2 is 2.10 bits per heavy atom. The number of oxime groups is 1. The number of thioether (sulfide) groups is 1. The van der Waals surface area contributed by atoms with E-state index < -0.39 is 0 Å². The fourth-order valence-electron chi connectivity index (χ4n) is 3.73. The first-order chi connectivity index (χ1) is 14.6. The molecule has 2 aliphatic rings. The second-order valence-electron chi connectivity index (χ2n) is 7.60. The average Bonchev–Trinajstić information content (AvgIpc) is 2.75. The summed E-state index contributed by atoms with van der Waals surface area (Å²) in [4.78, 5) is 17.9. The van der Waals surface area contributed by atoms with Gasteiger partial charge in [0.05, 0.1) is 11.3 Å². The van der Waals surface area contributed by atoms with Gasteiger partial charge in [0.15, 0.2) is 5.78 Å². The number of halogens is 1. The molecule has 1 saturated heterocycles. The van der Waals surface area contributed by atoms with E-state index in [0.717, 1.165) is 17.2 Å². The molecule has 0 amide bonds. The van der Waals surface area contributed by atoms with Crippen molar-refractivity contribution in [2.24, 2.45) is 17.0 Å². The number of benzene rings is 1. The molecule has 1 N–H and O–H groups in total. The van der Waals surface area contributed by atoms with Crippen LogP contribution in [-0.4, -0.2) is 34.7 Å². The Morgan fingerprint density at radius 1 is 1.35 bits per heavy atom. The van der Waals surface area contributed by atoms with Gasteiger partial charge in [0, 0.05) is 12.8 Å². The molecule has 4 nitrogen and oxygen atoms in total. The number of aliphatic hydroxyl groups excluding tert-OH is 1. The third-order valence-corrected chi connectivity index (χ3v) is 6.69. The molecular weight excluding hydrogens is 656 g/mol. The number of nitrogens with zero attached hydrogens (tertiary/aromatic N) is 1. The Kier molecular flexibility index (Phi) is 15.0. The Balaban J connectivity index is 0.000000510. The molecular formula is C24H32ClNO3SU. The van der Waals surface area contributed by atoms with Crippen molar-refractivity contribution in [2.75, 3.05) is 18.1 Å². The van der Waals surface area contributed by atoms with Gasteiger partial charge in [0.2, 0.25) is 0 Å². The van der Waals surface area contributed by atoms with Crippen LogP contribution in [0.15, 0.2) is 40.8 Å². The molecule has 7 heteroatoms. The van der Waals surface area contributed by atoms with Gasteiger partial charge in [-0.1, -0.05) is 23.5 Å². The fraction of sp³-hybridized carbons (Fsp3) is 0.542. The van der Waals surface area contributed by atoms with Crippen molar-refractivity contribution in [3.8, 4) is 0 Å². The Bertz CT molecular complexity index is 721. The number of aliphatic hydroxyl groups is 1. The van der Waals surface area contributed by atoms with Gasteiger partial charge < -0.3 is 9.94 Å². The monoisotopic (exact) mass is 687 g/mol. The van der Waals surface area contributed by atoms with Crippen LogP contribution in [0.1, 0.15) is 52.4 Å². The number of hydrogen-bond donors (Lipinski definition) is 1. The van der Waals surface area contributed by atoms with Gasteiger partial charge in [-0.15, -0.1) is 11.6 Å². The van der Waals surface area contributed by atoms with Crippen molar-refractivity contribution in [1.82, 2.24) is 0 Å². The van der Waals surface area contributed by atoms with Crippen molar-refractivity contribution in [3.05, 3.63) is 53.1 Å². The smallest absolute Gasteiger partial charge is 0.511 e. The number of ketones is 1. The molecule has 1 aromatic carbocycles. The molecule has 1 heterocycles. The van der Waals surface area contributed by atoms with Crippen molar-refractivity contribution in [2.45, 2.75) is 52.4 Å². The van der Waals surface area contributed by atoms with Crippen LogP contribution in [0.5, 0.6) is 0 Å². The number of Topliss-reactive ketones (excluding diaryl/α,β-unsaturated/α-hetero) is 1. The molecule has 0 radical (unpaired) electrons. The predicted molar refractivity (Wildman–Crippen MR) is 126 cm³/mol. The van der Waals surface area contributed by atoms with Crippen LogP contribution in [0, 0.1) is 55.4 Å². The van der Waals surface area contributed by atoms with Gasteiger partial charge in [0.25, 0.3) is 0 Å². The fourth-order valence-corrected chi connectivity index (χ4v) is 5.14. The van der Waals surface area contributed by atoms with E-state index in [0.29, 0.717) is 43.1 Å². The molecule has 0 aromatic heterocycles. The summed E-state index contributed by atoms with van der Waals surface area (Å²) in [6.07, 6.45) is 6.92. The molecule has 2 atom stereocenters. The minimum Gasteiger partial charge on any atom is -0.511 e. The van der Waals surface area contributed by atoms with Crippen LogP contribution in [-0.2, 0) is 9.63 Å². The minimum absolute atomic E-state index is 0. The molecule has 168 valence electrons. The molecule has 3 rings (SSSR count). The van der Waals surface area contributed by atoms with Crippen LogP contribution >= 0.6 is 23.4 Å². The molecule has 0 saturated carbocycles. The SMILES string of the molecule is C[CH-]CO/N=C(\CCC)C1=C(O)CC(C2CCCSC2)CC1=O.Clc1cc[c-]cc1.[U+2]. The third-order valence-electron chi connectivity index (χ3n) is 5.20. The standard InChI is InChI=1S/C18H28NO3S.C6H4Cl.U/c1-3-6-15(19-22-8-4-2)18-16(20)10-14(11-17(18)21)13-7-5-9-23-12-13;7-6-4-2-1-3-5-6;/h4,13-14,20H,3,5-12H2,1-2H3;2-5H;/q2*-1;+2/b19-15+;;. The summed E-state index contributed by atoms with van der Waals surface area (Å²) >= 11 is 7.49. The molecule has 0 spiro atoms. The summed E-state index contributed by atoms with van der Waals surface area (Å²) in [7, 11) is 0. The molecule has 1 aliphatic heterocycles. The van der Waals surface area contributed by atoms with Crippen LogP contribution in [0.2, 0.25) is 5.02 Å². The maximum absolute atomic E-state index is 12.6. The summed E-state index contributed by atoms with van der Waals surface area (Å²) in [5.41, 5.74) is 1.02. The van der Waals surface area contributed by atoms with Gasteiger partial charge in [0.1, 0.15) is 5.76 Å². The summed E-state index contributed by atoms with van der Waals surface area (Å²) in [5.74, 6) is 3.43. The van der Waals surface area contributed by atoms with Crippen molar-refractivity contribution >= 4 is 34.9 Å². The van der Waals surface area contributed by atoms with E-state index in [4.69, 9.17) is 16.4 Å². The zero-order chi connectivity index (χ0) is 21.8. The van der Waals surface area contributed by atoms with E-state index >= 15 is 0 Å². The van der Waals surface area contributed by atoms with Gasteiger partial charge in [-0.05, 0) is 49.2 Å². The second kappa shape index (κ2) is 16.2. The molecule has 0 bridgehead atoms. The summed E-state index contributed by atoms with van der Waals surface area (Å²) in [6.45, 7) is 4.34. The van der Waals surface area contributed by atoms with Crippen molar-refractivity contribution < 1.29 is 45.9 Å². The topological polar surface area (TPSA) is 58.9 Å². The molecule has 1 fully saturated rings. The minimum atomic E-state index is 0. The van der Waals surface area contributed by atoms with Crippen LogP contribution in [0.3, 0.4) is 0 Å². The summed E-state index contributed by atoms with van der Waals surface area (Å²) in [5, 5.41) is 15.4. The van der Waals surface area contributed by atoms with Crippen LogP contribution in [0.25, 0.3) is 0 Å². The largest absolute Gasteiger partial charge is 2.00 e. The Labute approximate surface area is 220 Å². The first kappa shape index (κ1) is 28.6. The Hall–Kier alpha value is -0.408. The van der Waals surface area contributed by atoms with Crippen molar-refractivity contribution in [1.29, 1.82) is 0 Å². The van der Waals surface area contributed by atoms with E-state index in [-0.39, 0.29) is 48.6 Å². The Morgan fingerprint density at radius 3 is 2.61 bits per heavy atom. The summed E-state index contributed by atoms with van der Waals surface area (Å²) < 4.78 is 0. The van der Waals surface area contributed by atoms with Gasteiger partial charge in [-0.25, -0.2) is 0 Å². The van der Waals surface area contributed by atoms with Gasteiger partial charge in [-0.3, -0.25) is 11.2 Å². The molecule has 2 unspecified atom stereocenters. The van der Waals surface area contributed by atoms with E-state index in [1.807, 2.05) is 32.0 Å². The third kappa shape index (κ3) is 9.95. The number of rotatable bonds is 7. The molecule has 1 aliphatic carbocycles. The van der Waals surface area contributed by atoms with Gasteiger partial charge in [-0.2, -0.15) is 49.0 Å². The first-order valence-electron chi connectivity index (χ1n) is 10.7. The number of carbonyl (C=O) groups excluding carboxylic acids is 1. The number of carbonyl (C=O) groups is 1. The average molecular weight is 688 g/mol. The number of hydrogen-bond acceptors (Lipinski definition) is 5. The molecule has 31 heavy (non-hydrogen) atoms. The first-order valence-corrected chi connectivity index (χ1v) is 12.2. The van der Waals surface area contributed by atoms with Gasteiger partial charge >= 0.3 is 31.1 Å². The number of allylic oxidation sites excluding steroid dienone is 2. The normalized spacial score (nSPS) is 21.6. The zero-order valence-corrected chi connectivity index (χ0v) is 24.1. The summed E-state index contributed by atoms with van der Waals surface area (Å²) in [6, 6.07) is 10.00. The quantitative estimate of drug-likeness (QED) is 0.155. The van der Waals surface area contributed by atoms with E-state index in [9.17, 15) is 9.90 Å². The van der Waals surface area contributed by atoms with Crippen LogP contribution in [0.4, 0.5) is 0 Å². The predicted octanol–water partition coefficient (Wildman–Crippen LogP) is 6.46. The molecule has 1 aromatic rings. The van der Waals surface area contributed by atoms with Crippen molar-refractivity contribution in [3.63, 3.8) is 0 Å². The second-order valence-corrected chi connectivity index (χ2v) is 9.19. The zero-order valence-electron chi connectivity index (χ0n) is 18.4. The van der Waals surface area contributed by atoms with E-state index in [2.05, 4.69) is 11.2 Å². The van der Waals surface area contributed by atoms with Crippen LogP contribution < -0.4 is 0 Å². The van der Waals surface area contributed by atoms with E-state index in [1.165, 1.54) is 18.6 Å². The maximum atomic E-state index is 12.6. The maximum Gasteiger partial charge on any atom is 2.00 e. The van der Waals surface area contributed by atoms with E-state index in [1.54, 1.807) is 24.3 Å².